The van der Waals surface area contributed by atoms with Gasteiger partial charge in [0.2, 0.25) is 0 Å². The molecule has 2 heterocycles. The van der Waals surface area contributed by atoms with Crippen LogP contribution in [0.15, 0.2) is 70.1 Å². The first-order valence-corrected chi connectivity index (χ1v) is 7.67. The first-order chi connectivity index (χ1) is 10.3. The zero-order valence-corrected chi connectivity index (χ0v) is 12.8. The molecular formula is C16H13ClN2OS. The largest absolute Gasteiger partial charge is 0.463 e. The maximum Gasteiger partial charge on any atom is 0.190 e. The summed E-state index contributed by atoms with van der Waals surface area (Å²) in [5.41, 5.74) is 1.74. The number of thiazole rings is 1. The fourth-order valence-corrected chi connectivity index (χ4v) is 3.08. The molecule has 106 valence electrons. The lowest BCUT2D eigenvalue weighted by Crippen LogP contribution is -2.14. The first kappa shape index (κ1) is 13.9. The molecule has 0 spiro atoms. The number of furan rings is 1. The molecule has 0 radical (unpaired) electrons. The van der Waals surface area contributed by atoms with Gasteiger partial charge in [-0.1, -0.05) is 29.8 Å². The van der Waals surface area contributed by atoms with Crippen molar-refractivity contribution in [2.45, 2.75) is 6.54 Å². The topological polar surface area (TPSA) is 30.4 Å². The summed E-state index contributed by atoms with van der Waals surface area (Å²) in [6.07, 6.45) is 3.50. The highest BCUT2D eigenvalue weighted by molar-refractivity contribution is 7.07. The molecule has 3 rings (SSSR count). The molecule has 3 aromatic rings. The van der Waals surface area contributed by atoms with E-state index in [2.05, 4.69) is 16.1 Å². The van der Waals surface area contributed by atoms with Crippen LogP contribution >= 0.6 is 22.9 Å². The van der Waals surface area contributed by atoms with E-state index in [1.54, 1.807) is 17.6 Å². The van der Waals surface area contributed by atoms with E-state index in [0.29, 0.717) is 11.6 Å². The molecular weight excluding hydrogens is 304 g/mol. The van der Waals surface area contributed by atoms with Gasteiger partial charge in [-0.05, 0) is 24.3 Å². The molecule has 0 amide bonds. The predicted octanol–water partition coefficient (Wildman–Crippen LogP) is 4.88. The van der Waals surface area contributed by atoms with Crippen LogP contribution < -0.4 is 4.80 Å². The average Bonchev–Trinajstić information content (AvgIpc) is 3.12. The zero-order chi connectivity index (χ0) is 14.7. The number of benzene rings is 1. The van der Waals surface area contributed by atoms with Crippen LogP contribution in [0.5, 0.6) is 0 Å². The Hall–Kier alpha value is -2.04. The SMILES string of the molecule is C=CCn1c(-c2ccco2)csc1=Nc1ccccc1Cl. The van der Waals surface area contributed by atoms with Gasteiger partial charge in [0.15, 0.2) is 10.6 Å². The minimum absolute atomic E-state index is 0.635. The quantitative estimate of drug-likeness (QED) is 0.631. The number of allylic oxidation sites excluding steroid dienone is 1. The van der Waals surface area contributed by atoms with Gasteiger partial charge in [0.05, 0.1) is 22.7 Å². The van der Waals surface area contributed by atoms with E-state index in [-0.39, 0.29) is 0 Å². The van der Waals surface area contributed by atoms with Gasteiger partial charge in [0.1, 0.15) is 0 Å². The standard InChI is InChI=1S/C16H13ClN2OS/c1-2-9-19-14(15-8-5-10-20-15)11-21-16(19)18-13-7-4-3-6-12(13)17/h2-8,10-11H,1,9H2. The van der Waals surface area contributed by atoms with Crippen LogP contribution in [-0.4, -0.2) is 4.57 Å². The molecule has 0 saturated heterocycles. The third-order valence-corrected chi connectivity index (χ3v) is 4.13. The number of hydrogen-bond acceptors (Lipinski definition) is 3. The number of hydrogen-bond donors (Lipinski definition) is 0. The van der Waals surface area contributed by atoms with Crippen LogP contribution in [0.4, 0.5) is 5.69 Å². The maximum absolute atomic E-state index is 6.17. The summed E-state index contributed by atoms with van der Waals surface area (Å²) in [5.74, 6) is 0.814. The molecule has 3 nitrogen and oxygen atoms in total. The Morgan fingerprint density at radius 3 is 2.86 bits per heavy atom. The fourth-order valence-electron chi connectivity index (χ4n) is 1.99. The third kappa shape index (κ3) is 2.86. The molecule has 0 aliphatic carbocycles. The Morgan fingerprint density at radius 1 is 1.29 bits per heavy atom. The first-order valence-electron chi connectivity index (χ1n) is 6.42. The molecule has 0 saturated carbocycles. The van der Waals surface area contributed by atoms with Crippen molar-refractivity contribution in [3.05, 3.63) is 70.5 Å². The van der Waals surface area contributed by atoms with Crippen molar-refractivity contribution in [2.24, 2.45) is 4.99 Å². The van der Waals surface area contributed by atoms with Gasteiger partial charge in [-0.3, -0.25) is 0 Å². The van der Waals surface area contributed by atoms with Crippen molar-refractivity contribution in [3.8, 4) is 11.5 Å². The number of nitrogens with zero attached hydrogens (tertiary/aromatic N) is 2. The monoisotopic (exact) mass is 316 g/mol. The van der Waals surface area contributed by atoms with Gasteiger partial charge in [0.25, 0.3) is 0 Å². The van der Waals surface area contributed by atoms with Gasteiger partial charge in [-0.25, -0.2) is 4.99 Å². The summed E-state index contributed by atoms with van der Waals surface area (Å²) in [7, 11) is 0. The molecule has 0 bridgehead atoms. The highest BCUT2D eigenvalue weighted by Gasteiger charge is 2.09. The molecule has 5 heteroatoms. The third-order valence-electron chi connectivity index (χ3n) is 2.95. The highest BCUT2D eigenvalue weighted by Crippen LogP contribution is 2.25. The van der Waals surface area contributed by atoms with E-state index in [4.69, 9.17) is 16.0 Å². The molecule has 0 unspecified atom stereocenters. The van der Waals surface area contributed by atoms with Crippen LogP contribution in [0.3, 0.4) is 0 Å². The van der Waals surface area contributed by atoms with Crippen LogP contribution in [0.25, 0.3) is 11.5 Å². The minimum Gasteiger partial charge on any atom is -0.463 e. The van der Waals surface area contributed by atoms with Gasteiger partial charge >= 0.3 is 0 Å². The van der Waals surface area contributed by atoms with Gasteiger partial charge < -0.3 is 8.98 Å². The Kier molecular flexibility index (Phi) is 4.08. The number of aromatic nitrogens is 1. The molecule has 0 aliphatic heterocycles. The summed E-state index contributed by atoms with van der Waals surface area (Å²) in [6.45, 7) is 4.46. The van der Waals surface area contributed by atoms with Crippen molar-refractivity contribution in [3.63, 3.8) is 0 Å². The lowest BCUT2D eigenvalue weighted by atomic mass is 10.3. The second kappa shape index (κ2) is 6.16. The number of para-hydroxylation sites is 1. The van der Waals surface area contributed by atoms with Crippen LogP contribution in [0, 0.1) is 0 Å². The van der Waals surface area contributed by atoms with E-state index >= 15 is 0 Å². The van der Waals surface area contributed by atoms with Crippen LogP contribution in [0.2, 0.25) is 5.02 Å². The van der Waals surface area contributed by atoms with Crippen molar-refractivity contribution >= 4 is 28.6 Å². The van der Waals surface area contributed by atoms with E-state index in [1.165, 1.54) is 0 Å². The van der Waals surface area contributed by atoms with E-state index in [9.17, 15) is 0 Å². The molecule has 1 aromatic carbocycles. The Labute approximate surface area is 131 Å². The second-order valence-corrected chi connectivity index (χ2v) is 5.59. The summed E-state index contributed by atoms with van der Waals surface area (Å²) in [6, 6.07) is 11.3. The van der Waals surface area contributed by atoms with Gasteiger partial charge in [-0.15, -0.1) is 17.9 Å². The second-order valence-electron chi connectivity index (χ2n) is 4.34. The van der Waals surface area contributed by atoms with Gasteiger partial charge in [-0.2, -0.15) is 0 Å². The Morgan fingerprint density at radius 2 is 2.14 bits per heavy atom. The van der Waals surface area contributed by atoms with Crippen LogP contribution in [0.1, 0.15) is 0 Å². The van der Waals surface area contributed by atoms with E-state index in [0.717, 1.165) is 21.9 Å². The number of rotatable bonds is 4. The normalized spacial score (nSPS) is 11.8. The molecule has 0 fully saturated rings. The smallest absolute Gasteiger partial charge is 0.190 e. The Balaban J connectivity index is 2.15. The summed E-state index contributed by atoms with van der Waals surface area (Å²) in [4.78, 5) is 5.51. The van der Waals surface area contributed by atoms with Gasteiger partial charge in [0, 0.05) is 11.9 Å². The Bertz CT molecular complexity index is 815. The van der Waals surface area contributed by atoms with Crippen molar-refractivity contribution in [1.29, 1.82) is 0 Å². The van der Waals surface area contributed by atoms with E-state index in [1.807, 2.05) is 47.9 Å². The minimum atomic E-state index is 0.635. The average molecular weight is 317 g/mol. The van der Waals surface area contributed by atoms with E-state index < -0.39 is 0 Å². The summed E-state index contributed by atoms with van der Waals surface area (Å²) < 4.78 is 7.53. The maximum atomic E-state index is 6.17. The zero-order valence-electron chi connectivity index (χ0n) is 11.2. The lowest BCUT2D eigenvalue weighted by Gasteiger charge is -2.04. The number of halogens is 1. The van der Waals surface area contributed by atoms with Crippen molar-refractivity contribution in [1.82, 2.24) is 4.57 Å². The summed E-state index contributed by atoms with van der Waals surface area (Å²) in [5, 5.41) is 2.66. The molecule has 0 aliphatic rings. The summed E-state index contributed by atoms with van der Waals surface area (Å²) >= 11 is 7.72. The molecule has 21 heavy (non-hydrogen) atoms. The predicted molar refractivity (Wildman–Crippen MR) is 86.9 cm³/mol. The van der Waals surface area contributed by atoms with Crippen molar-refractivity contribution in [2.75, 3.05) is 0 Å². The highest BCUT2D eigenvalue weighted by atomic mass is 35.5. The molecule has 0 N–H and O–H groups in total. The van der Waals surface area contributed by atoms with Crippen molar-refractivity contribution < 1.29 is 4.42 Å². The molecule has 0 atom stereocenters. The van der Waals surface area contributed by atoms with Crippen LogP contribution in [-0.2, 0) is 6.54 Å². The molecule has 2 aromatic heterocycles. The lowest BCUT2D eigenvalue weighted by molar-refractivity contribution is 0.574. The fraction of sp³-hybridized carbons (Fsp3) is 0.0625.